The summed E-state index contributed by atoms with van der Waals surface area (Å²) >= 11 is 0. The molecule has 5 heteroatoms. The summed E-state index contributed by atoms with van der Waals surface area (Å²) in [6.45, 7) is 4.27. The van der Waals surface area contributed by atoms with Crippen LogP contribution in [-0.4, -0.2) is 29.4 Å². The zero-order valence-electron chi connectivity index (χ0n) is 19.4. The lowest BCUT2D eigenvalue weighted by molar-refractivity contribution is 0.147. The van der Waals surface area contributed by atoms with Crippen LogP contribution in [0.2, 0.25) is 0 Å². The second kappa shape index (κ2) is 19.8. The fraction of sp³-hybridized carbons (Fsp3) is 1.00. The molecule has 2 unspecified atom stereocenters. The van der Waals surface area contributed by atoms with E-state index in [1.807, 2.05) is 6.92 Å². The molecule has 0 radical (unpaired) electrons. The third-order valence-corrected chi connectivity index (χ3v) is 7.32. The minimum Gasteiger partial charge on any atom is -0.393 e. The van der Waals surface area contributed by atoms with Crippen LogP contribution in [-0.2, 0) is 10.1 Å². The SMILES string of the molecule is CCCCCCCC(O)CCCCCCCCCCCC(CCCC)S(=O)(=O)O. The molecule has 0 aliphatic heterocycles. The highest BCUT2D eigenvalue weighted by atomic mass is 32.2. The molecular weight excluding hydrogens is 384 g/mol. The van der Waals surface area contributed by atoms with E-state index in [0.717, 1.165) is 51.4 Å². The maximum absolute atomic E-state index is 11.4. The fourth-order valence-corrected chi connectivity index (χ4v) is 4.92. The van der Waals surface area contributed by atoms with Gasteiger partial charge in [0.25, 0.3) is 10.1 Å². The highest BCUT2D eigenvalue weighted by Crippen LogP contribution is 2.18. The lowest BCUT2D eigenvalue weighted by Gasteiger charge is -2.13. The van der Waals surface area contributed by atoms with Gasteiger partial charge in [-0.05, 0) is 25.7 Å². The van der Waals surface area contributed by atoms with E-state index in [4.69, 9.17) is 0 Å². The van der Waals surface area contributed by atoms with Gasteiger partial charge >= 0.3 is 0 Å². The summed E-state index contributed by atoms with van der Waals surface area (Å²) in [5.41, 5.74) is 0. The second-order valence-corrected chi connectivity index (χ2v) is 10.6. The van der Waals surface area contributed by atoms with Crippen molar-refractivity contribution in [3.63, 3.8) is 0 Å². The van der Waals surface area contributed by atoms with Gasteiger partial charge in [-0.3, -0.25) is 4.55 Å². The normalized spacial score (nSPS) is 14.2. The molecule has 0 heterocycles. The summed E-state index contributed by atoms with van der Waals surface area (Å²) in [7, 11) is -3.88. The van der Waals surface area contributed by atoms with E-state index in [-0.39, 0.29) is 6.10 Å². The molecule has 176 valence electrons. The molecule has 2 atom stereocenters. The van der Waals surface area contributed by atoms with Gasteiger partial charge in [-0.1, -0.05) is 117 Å². The van der Waals surface area contributed by atoms with Gasteiger partial charge in [0.2, 0.25) is 0 Å². The molecular formula is C24H50O4S. The van der Waals surface area contributed by atoms with Gasteiger partial charge in [0.05, 0.1) is 11.4 Å². The standard InChI is InChI=1S/C24H50O4S/c1-3-5-7-13-16-19-23(25)20-17-14-11-9-8-10-12-15-18-22-24(21-6-4-2)29(26,27)28/h23-25H,3-22H2,1-2H3,(H,26,27,28). The Morgan fingerprint density at radius 2 is 0.897 bits per heavy atom. The van der Waals surface area contributed by atoms with E-state index >= 15 is 0 Å². The number of aliphatic hydroxyl groups is 1. The Morgan fingerprint density at radius 1 is 0.552 bits per heavy atom. The molecule has 0 aliphatic rings. The molecule has 0 aromatic heterocycles. The quantitative estimate of drug-likeness (QED) is 0.137. The van der Waals surface area contributed by atoms with Crippen LogP contribution < -0.4 is 0 Å². The molecule has 0 saturated heterocycles. The van der Waals surface area contributed by atoms with Crippen molar-refractivity contribution in [2.24, 2.45) is 0 Å². The van der Waals surface area contributed by atoms with E-state index in [9.17, 15) is 18.1 Å². The number of unbranched alkanes of at least 4 members (excludes halogenated alkanes) is 13. The lowest BCUT2D eigenvalue weighted by atomic mass is 10.0. The smallest absolute Gasteiger partial charge is 0.267 e. The molecule has 0 aromatic carbocycles. The van der Waals surface area contributed by atoms with Crippen LogP contribution in [0.15, 0.2) is 0 Å². The second-order valence-electron chi connectivity index (χ2n) is 8.90. The summed E-state index contributed by atoms with van der Waals surface area (Å²) in [6, 6.07) is 0. The molecule has 0 bridgehead atoms. The molecule has 0 aliphatic carbocycles. The summed E-state index contributed by atoms with van der Waals surface area (Å²) in [5.74, 6) is 0. The Balaban J connectivity index is 3.44. The van der Waals surface area contributed by atoms with Gasteiger partial charge in [-0.15, -0.1) is 0 Å². The first kappa shape index (κ1) is 28.9. The molecule has 0 fully saturated rings. The van der Waals surface area contributed by atoms with Crippen molar-refractivity contribution in [3.05, 3.63) is 0 Å². The maximum Gasteiger partial charge on any atom is 0.267 e. The van der Waals surface area contributed by atoms with Crippen molar-refractivity contribution in [2.45, 2.75) is 154 Å². The number of hydrogen-bond donors (Lipinski definition) is 2. The molecule has 0 amide bonds. The van der Waals surface area contributed by atoms with E-state index in [0.29, 0.717) is 12.8 Å². The molecule has 2 N–H and O–H groups in total. The number of rotatable bonds is 22. The summed E-state index contributed by atoms with van der Waals surface area (Å²) in [4.78, 5) is 0. The zero-order valence-corrected chi connectivity index (χ0v) is 20.2. The average Bonchev–Trinajstić information content (AvgIpc) is 2.67. The Morgan fingerprint density at radius 3 is 1.31 bits per heavy atom. The van der Waals surface area contributed by atoms with Crippen LogP contribution in [0.25, 0.3) is 0 Å². The van der Waals surface area contributed by atoms with E-state index in [1.54, 1.807) is 0 Å². The van der Waals surface area contributed by atoms with Crippen LogP contribution >= 0.6 is 0 Å². The Hall–Kier alpha value is -0.130. The largest absolute Gasteiger partial charge is 0.393 e. The fourth-order valence-electron chi connectivity index (χ4n) is 3.99. The van der Waals surface area contributed by atoms with Gasteiger partial charge in [0, 0.05) is 0 Å². The minimum atomic E-state index is -3.88. The lowest BCUT2D eigenvalue weighted by Crippen LogP contribution is -2.20. The molecule has 0 spiro atoms. The van der Waals surface area contributed by atoms with Crippen molar-refractivity contribution in [3.8, 4) is 0 Å². The highest BCUT2D eigenvalue weighted by Gasteiger charge is 2.21. The number of aliphatic hydroxyl groups excluding tert-OH is 1. The highest BCUT2D eigenvalue weighted by molar-refractivity contribution is 7.86. The van der Waals surface area contributed by atoms with Gasteiger partial charge in [-0.2, -0.15) is 8.42 Å². The van der Waals surface area contributed by atoms with Crippen LogP contribution in [0.1, 0.15) is 142 Å². The first-order valence-electron chi connectivity index (χ1n) is 12.6. The zero-order chi connectivity index (χ0) is 21.8. The van der Waals surface area contributed by atoms with Crippen LogP contribution in [0.5, 0.6) is 0 Å². The van der Waals surface area contributed by atoms with Crippen molar-refractivity contribution in [2.75, 3.05) is 0 Å². The van der Waals surface area contributed by atoms with Crippen molar-refractivity contribution >= 4 is 10.1 Å². The monoisotopic (exact) mass is 434 g/mol. The van der Waals surface area contributed by atoms with Crippen LogP contribution in [0.4, 0.5) is 0 Å². The van der Waals surface area contributed by atoms with Crippen LogP contribution in [0.3, 0.4) is 0 Å². The first-order valence-corrected chi connectivity index (χ1v) is 14.1. The van der Waals surface area contributed by atoms with Crippen molar-refractivity contribution in [1.82, 2.24) is 0 Å². The van der Waals surface area contributed by atoms with Crippen LogP contribution in [0, 0.1) is 0 Å². The maximum atomic E-state index is 11.4. The molecule has 0 rings (SSSR count). The third kappa shape index (κ3) is 19.6. The Labute approximate surface area is 182 Å². The molecule has 4 nitrogen and oxygen atoms in total. The van der Waals surface area contributed by atoms with E-state index in [2.05, 4.69) is 6.92 Å². The summed E-state index contributed by atoms with van der Waals surface area (Å²) < 4.78 is 32.1. The van der Waals surface area contributed by atoms with Gasteiger partial charge < -0.3 is 5.11 Å². The summed E-state index contributed by atoms with van der Waals surface area (Å²) in [6.07, 6.45) is 21.6. The predicted molar refractivity (Wildman–Crippen MR) is 125 cm³/mol. The molecule has 29 heavy (non-hydrogen) atoms. The van der Waals surface area contributed by atoms with E-state index in [1.165, 1.54) is 64.2 Å². The predicted octanol–water partition coefficient (Wildman–Crippen LogP) is 7.45. The van der Waals surface area contributed by atoms with Crippen molar-refractivity contribution in [1.29, 1.82) is 0 Å². The number of hydrogen-bond acceptors (Lipinski definition) is 3. The third-order valence-electron chi connectivity index (χ3n) is 6.01. The van der Waals surface area contributed by atoms with E-state index < -0.39 is 15.4 Å². The Bertz CT molecular complexity index is 436. The summed E-state index contributed by atoms with van der Waals surface area (Å²) in [5, 5.41) is 9.45. The first-order chi connectivity index (χ1) is 13.9. The van der Waals surface area contributed by atoms with Crippen molar-refractivity contribution < 1.29 is 18.1 Å². The average molecular weight is 435 g/mol. The Kier molecular flexibility index (Phi) is 19.7. The van der Waals surface area contributed by atoms with Gasteiger partial charge in [0.15, 0.2) is 0 Å². The minimum absolute atomic E-state index is 0.0967. The van der Waals surface area contributed by atoms with Gasteiger partial charge in [0.1, 0.15) is 0 Å². The topological polar surface area (TPSA) is 74.6 Å². The van der Waals surface area contributed by atoms with Gasteiger partial charge in [-0.25, -0.2) is 0 Å². The molecule has 0 aromatic rings. The molecule has 0 saturated carbocycles.